The number of aryl methyl sites for hydroxylation is 1. The van der Waals surface area contributed by atoms with Crippen LogP contribution in [0.25, 0.3) is 33.1 Å². The zero-order chi connectivity index (χ0) is 23.7. The largest absolute Gasteiger partial charge is 0.493 e. The number of carbonyl (C=O) groups is 1. The highest BCUT2D eigenvalue weighted by molar-refractivity contribution is 6.20. The molecule has 0 aliphatic rings. The lowest BCUT2D eigenvalue weighted by Gasteiger charge is -2.07. The van der Waals surface area contributed by atoms with Gasteiger partial charge in [0.15, 0.2) is 5.76 Å². The molecular formula is C29H22O5. The maximum Gasteiger partial charge on any atom is 0.336 e. The van der Waals surface area contributed by atoms with Gasteiger partial charge in [0, 0.05) is 22.6 Å². The summed E-state index contributed by atoms with van der Waals surface area (Å²) in [5.41, 5.74) is 3.06. The molecule has 3 aromatic carbocycles. The fraction of sp³-hybridized carbons (Fsp3) is 0.103. The second-order valence-corrected chi connectivity index (χ2v) is 8.02. The summed E-state index contributed by atoms with van der Waals surface area (Å²) >= 11 is 0. The van der Waals surface area contributed by atoms with Crippen LogP contribution in [0.5, 0.6) is 5.75 Å². The molecule has 5 aromatic rings. The lowest BCUT2D eigenvalue weighted by Crippen LogP contribution is -2.03. The molecule has 5 heteroatoms. The van der Waals surface area contributed by atoms with E-state index in [9.17, 15) is 9.59 Å². The average molecular weight is 450 g/mol. The first kappa shape index (κ1) is 21.5. The van der Waals surface area contributed by atoms with E-state index in [2.05, 4.69) is 6.58 Å². The maximum absolute atomic E-state index is 13.7. The van der Waals surface area contributed by atoms with Gasteiger partial charge >= 0.3 is 5.63 Å². The normalized spacial score (nSPS) is 11.1. The second-order valence-electron chi connectivity index (χ2n) is 8.02. The standard InChI is InChI=1S/C29H22O5/c1-3-4-15-32-21-12-8-11-20(17-21)27(31)29-25(19-9-6-5-7-10-19)26-23(33-29)14-13-22-18(2)16-24(30)34-28(22)26/h3,5-14,16-17H,1,4,15H2,2H3. The predicted octanol–water partition coefficient (Wildman–Crippen LogP) is 6.70. The molecule has 0 amide bonds. The molecule has 0 fully saturated rings. The third kappa shape index (κ3) is 3.82. The summed E-state index contributed by atoms with van der Waals surface area (Å²) in [6.07, 6.45) is 2.48. The summed E-state index contributed by atoms with van der Waals surface area (Å²) in [7, 11) is 0. The smallest absolute Gasteiger partial charge is 0.336 e. The molecule has 0 aliphatic heterocycles. The molecule has 0 N–H and O–H groups in total. The highest BCUT2D eigenvalue weighted by atomic mass is 16.5. The summed E-state index contributed by atoms with van der Waals surface area (Å²) in [6.45, 7) is 6.03. The summed E-state index contributed by atoms with van der Waals surface area (Å²) < 4.78 is 17.5. The minimum Gasteiger partial charge on any atom is -0.493 e. The van der Waals surface area contributed by atoms with Crippen molar-refractivity contribution >= 4 is 27.7 Å². The maximum atomic E-state index is 13.7. The van der Waals surface area contributed by atoms with Crippen LogP contribution in [0.15, 0.2) is 99.1 Å². The van der Waals surface area contributed by atoms with Gasteiger partial charge in [-0.1, -0.05) is 48.5 Å². The van der Waals surface area contributed by atoms with Crippen LogP contribution >= 0.6 is 0 Å². The minimum absolute atomic E-state index is 0.182. The zero-order valence-electron chi connectivity index (χ0n) is 18.7. The van der Waals surface area contributed by atoms with E-state index in [1.54, 1.807) is 24.3 Å². The first-order chi connectivity index (χ1) is 16.6. The predicted molar refractivity (Wildman–Crippen MR) is 133 cm³/mol. The van der Waals surface area contributed by atoms with Gasteiger partial charge in [-0.25, -0.2) is 4.79 Å². The molecule has 0 radical (unpaired) electrons. The van der Waals surface area contributed by atoms with Crippen LogP contribution in [0.2, 0.25) is 0 Å². The van der Waals surface area contributed by atoms with Gasteiger partial charge in [0.2, 0.25) is 5.78 Å². The Hall–Kier alpha value is -4.38. The van der Waals surface area contributed by atoms with Gasteiger partial charge in [-0.3, -0.25) is 4.79 Å². The molecule has 5 nitrogen and oxygen atoms in total. The van der Waals surface area contributed by atoms with Crippen LogP contribution in [0, 0.1) is 6.92 Å². The molecule has 0 spiro atoms. The number of hydrogen-bond donors (Lipinski definition) is 0. The van der Waals surface area contributed by atoms with E-state index in [-0.39, 0.29) is 11.5 Å². The van der Waals surface area contributed by atoms with Gasteiger partial charge in [0.1, 0.15) is 16.9 Å². The lowest BCUT2D eigenvalue weighted by atomic mass is 9.96. The first-order valence-electron chi connectivity index (χ1n) is 11.0. The molecule has 0 aliphatic carbocycles. The quantitative estimate of drug-likeness (QED) is 0.119. The van der Waals surface area contributed by atoms with Crippen LogP contribution in [0.3, 0.4) is 0 Å². The highest BCUT2D eigenvalue weighted by Gasteiger charge is 2.26. The molecule has 5 rings (SSSR count). The number of benzene rings is 3. The monoisotopic (exact) mass is 450 g/mol. The van der Waals surface area contributed by atoms with E-state index >= 15 is 0 Å². The lowest BCUT2D eigenvalue weighted by molar-refractivity contribution is 0.101. The summed E-state index contributed by atoms with van der Waals surface area (Å²) in [6, 6.07) is 21.6. The van der Waals surface area contributed by atoms with Crippen LogP contribution in [0.4, 0.5) is 0 Å². The average Bonchev–Trinajstić information content (AvgIpc) is 3.24. The van der Waals surface area contributed by atoms with Crippen molar-refractivity contribution in [2.45, 2.75) is 13.3 Å². The third-order valence-electron chi connectivity index (χ3n) is 5.73. The van der Waals surface area contributed by atoms with Gasteiger partial charge in [-0.05, 0) is 48.7 Å². The number of furan rings is 1. The van der Waals surface area contributed by atoms with Crippen LogP contribution in [-0.2, 0) is 0 Å². The van der Waals surface area contributed by atoms with Crippen molar-refractivity contribution in [3.8, 4) is 16.9 Å². The van der Waals surface area contributed by atoms with E-state index in [1.807, 2.05) is 55.5 Å². The Morgan fingerprint density at radius 2 is 1.82 bits per heavy atom. The van der Waals surface area contributed by atoms with Crippen LogP contribution in [-0.4, -0.2) is 12.4 Å². The molecular weight excluding hydrogens is 428 g/mol. The van der Waals surface area contributed by atoms with Crippen molar-refractivity contribution in [2.24, 2.45) is 0 Å². The van der Waals surface area contributed by atoms with Crippen LogP contribution in [0.1, 0.15) is 28.1 Å². The van der Waals surface area contributed by atoms with E-state index in [1.165, 1.54) is 6.07 Å². The Kier molecular flexibility index (Phi) is 5.60. The highest BCUT2D eigenvalue weighted by Crippen LogP contribution is 2.40. The fourth-order valence-electron chi connectivity index (χ4n) is 4.12. The molecule has 168 valence electrons. The molecule has 2 aromatic heterocycles. The van der Waals surface area contributed by atoms with Gasteiger partial charge in [0.05, 0.1) is 12.0 Å². The molecule has 0 bridgehead atoms. The minimum atomic E-state index is -0.449. The zero-order valence-corrected chi connectivity index (χ0v) is 18.7. The number of rotatable bonds is 7. The Morgan fingerprint density at radius 1 is 1.00 bits per heavy atom. The second kappa shape index (κ2) is 8.87. The molecule has 0 saturated heterocycles. The molecule has 0 atom stereocenters. The SMILES string of the molecule is C=CCCOc1cccc(C(=O)c2oc3ccc4c(C)cc(=O)oc4c3c2-c2ccccc2)c1. The number of hydrogen-bond acceptors (Lipinski definition) is 5. The number of fused-ring (bicyclic) bond motifs is 3. The Balaban J connectivity index is 1.74. The van der Waals surface area contributed by atoms with Crippen molar-refractivity contribution in [3.63, 3.8) is 0 Å². The molecule has 0 saturated carbocycles. The number of ketones is 1. The van der Waals surface area contributed by atoms with Gasteiger partial charge in [-0.15, -0.1) is 6.58 Å². The van der Waals surface area contributed by atoms with Gasteiger partial charge < -0.3 is 13.6 Å². The van der Waals surface area contributed by atoms with E-state index in [4.69, 9.17) is 13.6 Å². The Morgan fingerprint density at radius 3 is 2.62 bits per heavy atom. The molecule has 0 unspecified atom stereocenters. The van der Waals surface area contributed by atoms with Crippen molar-refractivity contribution in [3.05, 3.63) is 113 Å². The number of ether oxygens (including phenoxy) is 1. The fourth-order valence-corrected chi connectivity index (χ4v) is 4.12. The summed E-state index contributed by atoms with van der Waals surface area (Å²) in [5.74, 6) is 0.491. The van der Waals surface area contributed by atoms with Crippen molar-refractivity contribution in [2.75, 3.05) is 6.61 Å². The van der Waals surface area contributed by atoms with Crippen molar-refractivity contribution < 1.29 is 18.4 Å². The molecule has 2 heterocycles. The van der Waals surface area contributed by atoms with Gasteiger partial charge in [-0.2, -0.15) is 0 Å². The topological polar surface area (TPSA) is 69.7 Å². The summed E-state index contributed by atoms with van der Waals surface area (Å²) in [5, 5.41) is 1.40. The van der Waals surface area contributed by atoms with Crippen molar-refractivity contribution in [1.29, 1.82) is 0 Å². The Bertz CT molecular complexity index is 1590. The van der Waals surface area contributed by atoms with Crippen LogP contribution < -0.4 is 10.4 Å². The summed E-state index contributed by atoms with van der Waals surface area (Å²) in [4.78, 5) is 25.9. The number of carbonyl (C=O) groups excluding carboxylic acids is 1. The first-order valence-corrected chi connectivity index (χ1v) is 11.0. The Labute approximate surface area is 195 Å². The van der Waals surface area contributed by atoms with Crippen molar-refractivity contribution in [1.82, 2.24) is 0 Å². The molecule has 34 heavy (non-hydrogen) atoms. The van der Waals surface area contributed by atoms with E-state index < -0.39 is 5.63 Å². The third-order valence-corrected chi connectivity index (χ3v) is 5.73. The van der Waals surface area contributed by atoms with E-state index in [0.29, 0.717) is 46.5 Å². The van der Waals surface area contributed by atoms with Gasteiger partial charge in [0.25, 0.3) is 0 Å². The van der Waals surface area contributed by atoms with E-state index in [0.717, 1.165) is 16.5 Å².